The summed E-state index contributed by atoms with van der Waals surface area (Å²) < 4.78 is 28.7. The van der Waals surface area contributed by atoms with Gasteiger partial charge >= 0.3 is 0 Å². The van der Waals surface area contributed by atoms with Crippen LogP contribution >= 0.6 is 23.7 Å². The van der Waals surface area contributed by atoms with E-state index in [9.17, 15) is 4.79 Å². The van der Waals surface area contributed by atoms with Crippen molar-refractivity contribution >= 4 is 45.0 Å². The van der Waals surface area contributed by atoms with Gasteiger partial charge < -0.3 is 28.6 Å². The third-order valence-corrected chi connectivity index (χ3v) is 7.00. The summed E-state index contributed by atoms with van der Waals surface area (Å²) in [4.78, 5) is 22.7. The summed E-state index contributed by atoms with van der Waals surface area (Å²) in [7, 11) is 4.60. The summed E-state index contributed by atoms with van der Waals surface area (Å²) in [5.41, 5.74) is 1.18. The van der Waals surface area contributed by atoms with E-state index in [0.29, 0.717) is 65.7 Å². The summed E-state index contributed by atoms with van der Waals surface area (Å²) in [6.45, 7) is 8.21. The molecular formula is C25H32ClN3O6S. The van der Waals surface area contributed by atoms with Crippen molar-refractivity contribution in [3.8, 4) is 28.7 Å². The van der Waals surface area contributed by atoms with Gasteiger partial charge in [-0.05, 0) is 25.2 Å². The molecule has 3 aromatic rings. The highest BCUT2D eigenvalue weighted by Crippen LogP contribution is 2.41. The molecule has 0 radical (unpaired) electrons. The molecule has 0 saturated carbocycles. The Balaban J connectivity index is 0.00000361. The second kappa shape index (κ2) is 12.3. The van der Waals surface area contributed by atoms with Gasteiger partial charge in [-0.2, -0.15) is 0 Å². The van der Waals surface area contributed by atoms with E-state index in [1.807, 2.05) is 12.1 Å². The van der Waals surface area contributed by atoms with E-state index >= 15 is 0 Å². The van der Waals surface area contributed by atoms with E-state index in [0.717, 1.165) is 23.3 Å². The minimum absolute atomic E-state index is 0. The number of carbonyl (C=O) groups excluding carboxylic acids is 1. The highest BCUT2D eigenvalue weighted by molar-refractivity contribution is 7.22. The minimum Gasteiger partial charge on any atom is -0.493 e. The van der Waals surface area contributed by atoms with Crippen molar-refractivity contribution in [1.29, 1.82) is 0 Å². The van der Waals surface area contributed by atoms with Gasteiger partial charge in [0.15, 0.2) is 28.1 Å². The second-order valence-electron chi connectivity index (χ2n) is 7.86. The molecule has 36 heavy (non-hydrogen) atoms. The van der Waals surface area contributed by atoms with Crippen LogP contribution in [0.25, 0.3) is 10.2 Å². The molecule has 0 atom stereocenters. The van der Waals surface area contributed by atoms with Crippen molar-refractivity contribution in [2.75, 3.05) is 65.6 Å². The number of benzene rings is 2. The molecule has 2 aromatic carbocycles. The predicted octanol–water partition coefficient (Wildman–Crippen LogP) is 4.50. The number of aromatic nitrogens is 1. The van der Waals surface area contributed by atoms with Crippen LogP contribution in [0.4, 0.5) is 5.13 Å². The third-order valence-electron chi connectivity index (χ3n) is 5.96. The average molecular weight is 538 g/mol. The Hall–Kier alpha value is -2.95. The number of halogens is 1. The fourth-order valence-electron chi connectivity index (χ4n) is 3.99. The number of fused-ring (bicyclic) bond motifs is 2. The highest BCUT2D eigenvalue weighted by atomic mass is 35.5. The Morgan fingerprint density at radius 3 is 2.11 bits per heavy atom. The van der Waals surface area contributed by atoms with E-state index in [4.69, 9.17) is 28.7 Å². The molecule has 4 rings (SSSR count). The lowest BCUT2D eigenvalue weighted by Crippen LogP contribution is -2.38. The first-order chi connectivity index (χ1) is 17.0. The van der Waals surface area contributed by atoms with Crippen LogP contribution in [-0.4, -0.2) is 76.5 Å². The number of methoxy groups -OCH3 is 3. The van der Waals surface area contributed by atoms with Crippen LogP contribution in [0.5, 0.6) is 28.7 Å². The van der Waals surface area contributed by atoms with E-state index < -0.39 is 0 Å². The van der Waals surface area contributed by atoms with Gasteiger partial charge in [-0.15, -0.1) is 12.4 Å². The SMILES string of the molecule is CCN(CC)CCN(C(=O)c1cc(OC)c(OC)c(OC)c1)c1nc2cc3c(cc2s1)OCCO3.Cl. The van der Waals surface area contributed by atoms with Crippen molar-refractivity contribution < 1.29 is 28.5 Å². The van der Waals surface area contributed by atoms with Gasteiger partial charge in [0, 0.05) is 30.8 Å². The van der Waals surface area contributed by atoms with Gasteiger partial charge in [-0.25, -0.2) is 4.98 Å². The maximum absolute atomic E-state index is 13.9. The van der Waals surface area contributed by atoms with E-state index in [1.165, 1.54) is 32.7 Å². The second-order valence-corrected chi connectivity index (χ2v) is 8.87. The molecule has 0 saturated heterocycles. The molecule has 1 aromatic heterocycles. The van der Waals surface area contributed by atoms with E-state index in [1.54, 1.807) is 17.0 Å². The molecule has 196 valence electrons. The van der Waals surface area contributed by atoms with Crippen molar-refractivity contribution in [2.24, 2.45) is 0 Å². The maximum Gasteiger partial charge on any atom is 0.260 e. The molecule has 0 bridgehead atoms. The van der Waals surface area contributed by atoms with Crippen LogP contribution in [-0.2, 0) is 0 Å². The average Bonchev–Trinajstić information content (AvgIpc) is 3.30. The van der Waals surface area contributed by atoms with Gasteiger partial charge in [-0.1, -0.05) is 25.2 Å². The number of anilines is 1. The highest BCUT2D eigenvalue weighted by Gasteiger charge is 2.26. The van der Waals surface area contributed by atoms with Gasteiger partial charge in [0.25, 0.3) is 5.91 Å². The Morgan fingerprint density at radius 2 is 1.56 bits per heavy atom. The molecule has 0 fully saturated rings. The fraction of sp³-hybridized carbons (Fsp3) is 0.440. The predicted molar refractivity (Wildman–Crippen MR) is 143 cm³/mol. The molecule has 2 heterocycles. The Bertz CT molecular complexity index is 1130. The fourth-order valence-corrected chi connectivity index (χ4v) is 4.99. The quantitative estimate of drug-likeness (QED) is 0.374. The molecule has 0 aliphatic carbocycles. The standard InChI is InChI=1S/C25H31N3O6S.ClH/c1-6-27(7-2)8-9-28(24(29)16-12-20(30-3)23(32-5)21(13-16)31-4)25-26-17-14-18-19(15-22(17)35-25)34-11-10-33-18;/h12-15H,6-11H2,1-5H3;1H. The van der Waals surface area contributed by atoms with Crippen molar-refractivity contribution in [2.45, 2.75) is 13.8 Å². The lowest BCUT2D eigenvalue weighted by atomic mass is 10.1. The number of nitrogens with zero attached hydrogens (tertiary/aromatic N) is 3. The molecule has 1 aliphatic heterocycles. The maximum atomic E-state index is 13.9. The number of rotatable bonds is 10. The van der Waals surface area contributed by atoms with Gasteiger partial charge in [0.1, 0.15) is 13.2 Å². The molecule has 0 N–H and O–H groups in total. The number of amides is 1. The van der Waals surface area contributed by atoms with Crippen LogP contribution in [0.2, 0.25) is 0 Å². The summed E-state index contributed by atoms with van der Waals surface area (Å²) in [6.07, 6.45) is 0. The summed E-state index contributed by atoms with van der Waals surface area (Å²) in [5.74, 6) is 2.45. The third kappa shape index (κ3) is 5.55. The number of ether oxygens (including phenoxy) is 5. The smallest absolute Gasteiger partial charge is 0.260 e. The zero-order valence-corrected chi connectivity index (χ0v) is 22.8. The summed E-state index contributed by atoms with van der Waals surface area (Å²) in [5, 5.41) is 0.605. The molecule has 1 aliphatic rings. The zero-order valence-electron chi connectivity index (χ0n) is 21.2. The summed E-state index contributed by atoms with van der Waals surface area (Å²) >= 11 is 1.45. The molecule has 1 amide bonds. The van der Waals surface area contributed by atoms with Crippen molar-refractivity contribution in [1.82, 2.24) is 9.88 Å². The van der Waals surface area contributed by atoms with Crippen LogP contribution in [0.1, 0.15) is 24.2 Å². The number of carbonyl (C=O) groups is 1. The van der Waals surface area contributed by atoms with Crippen LogP contribution in [0.15, 0.2) is 24.3 Å². The van der Waals surface area contributed by atoms with Crippen molar-refractivity contribution in [3.05, 3.63) is 29.8 Å². The monoisotopic (exact) mass is 537 g/mol. The summed E-state index contributed by atoms with van der Waals surface area (Å²) in [6, 6.07) is 7.14. The first-order valence-electron chi connectivity index (χ1n) is 11.6. The molecular weight excluding hydrogens is 506 g/mol. The largest absolute Gasteiger partial charge is 0.493 e. The minimum atomic E-state index is -0.201. The van der Waals surface area contributed by atoms with E-state index in [-0.39, 0.29) is 18.3 Å². The van der Waals surface area contributed by atoms with Crippen LogP contribution in [0.3, 0.4) is 0 Å². The first kappa shape index (κ1) is 27.6. The Morgan fingerprint density at radius 1 is 0.944 bits per heavy atom. The molecule has 0 spiro atoms. The molecule has 11 heteroatoms. The van der Waals surface area contributed by atoms with Crippen molar-refractivity contribution in [3.63, 3.8) is 0 Å². The van der Waals surface area contributed by atoms with Gasteiger partial charge in [0.05, 0.1) is 31.5 Å². The Labute approximate surface area is 221 Å². The number of hydrogen-bond donors (Lipinski definition) is 0. The van der Waals surface area contributed by atoms with Gasteiger partial charge in [0.2, 0.25) is 5.75 Å². The van der Waals surface area contributed by atoms with Gasteiger partial charge in [-0.3, -0.25) is 9.69 Å². The Kier molecular flexibility index (Phi) is 9.47. The van der Waals surface area contributed by atoms with Crippen LogP contribution in [0, 0.1) is 0 Å². The number of hydrogen-bond acceptors (Lipinski definition) is 9. The lowest BCUT2D eigenvalue weighted by molar-refractivity contribution is 0.0983. The van der Waals surface area contributed by atoms with Crippen LogP contribution < -0.4 is 28.6 Å². The molecule has 9 nitrogen and oxygen atoms in total. The first-order valence-corrected chi connectivity index (χ1v) is 12.4. The zero-order chi connectivity index (χ0) is 24.9. The normalized spacial score (nSPS) is 12.3. The molecule has 0 unspecified atom stereocenters. The van der Waals surface area contributed by atoms with E-state index in [2.05, 4.69) is 18.7 Å². The topological polar surface area (TPSA) is 82.6 Å². The number of thiazole rings is 1. The lowest BCUT2D eigenvalue weighted by Gasteiger charge is -2.25. The number of likely N-dealkylation sites (N-methyl/N-ethyl adjacent to an activating group) is 1.